The molecule has 0 spiro atoms. The summed E-state index contributed by atoms with van der Waals surface area (Å²) in [5.41, 5.74) is 0.475. The summed E-state index contributed by atoms with van der Waals surface area (Å²) in [7, 11) is 1.74. The highest BCUT2D eigenvalue weighted by Gasteiger charge is 2.41. The molecule has 1 aromatic carbocycles. The Bertz CT molecular complexity index is 376. The van der Waals surface area contributed by atoms with Gasteiger partial charge in [0.05, 0.1) is 13.2 Å². The first-order valence-electron chi connectivity index (χ1n) is 6.82. The van der Waals surface area contributed by atoms with E-state index in [-0.39, 0.29) is 0 Å². The van der Waals surface area contributed by atoms with Crippen molar-refractivity contribution < 1.29 is 9.47 Å². The van der Waals surface area contributed by atoms with Crippen molar-refractivity contribution in [3.8, 4) is 5.75 Å². The Morgan fingerprint density at radius 1 is 1.21 bits per heavy atom. The highest BCUT2D eigenvalue weighted by atomic mass is 79.9. The molecular weight excluding hydrogens is 306 g/mol. The summed E-state index contributed by atoms with van der Waals surface area (Å²) in [4.78, 5) is 0. The van der Waals surface area contributed by atoms with Gasteiger partial charge in [0.15, 0.2) is 0 Å². The second-order valence-electron chi connectivity index (χ2n) is 5.22. The predicted molar refractivity (Wildman–Crippen MR) is 80.7 cm³/mol. The maximum absolute atomic E-state index is 5.79. The van der Waals surface area contributed by atoms with E-state index in [2.05, 4.69) is 21.2 Å². The molecular formula is C15H22BrNO2. The summed E-state index contributed by atoms with van der Waals surface area (Å²) < 4.78 is 11.9. The van der Waals surface area contributed by atoms with Gasteiger partial charge in [0, 0.05) is 24.7 Å². The number of hydrogen-bond donors (Lipinski definition) is 1. The smallest absolute Gasteiger partial charge is 0.119 e. The monoisotopic (exact) mass is 327 g/mol. The number of hydrogen-bond acceptors (Lipinski definition) is 3. The Morgan fingerprint density at radius 2 is 1.95 bits per heavy atom. The van der Waals surface area contributed by atoms with Gasteiger partial charge in [0.25, 0.3) is 0 Å². The summed E-state index contributed by atoms with van der Waals surface area (Å²) in [6.45, 7) is 3.60. The van der Waals surface area contributed by atoms with E-state index >= 15 is 0 Å². The van der Waals surface area contributed by atoms with Crippen LogP contribution in [0.4, 0.5) is 0 Å². The normalized spacial score (nSPS) is 16.3. The van der Waals surface area contributed by atoms with Gasteiger partial charge in [-0.2, -0.15) is 0 Å². The molecule has 0 bridgehead atoms. The molecule has 0 aromatic heterocycles. The summed E-state index contributed by atoms with van der Waals surface area (Å²) >= 11 is 3.42. The molecule has 1 N–H and O–H groups in total. The van der Waals surface area contributed by atoms with E-state index in [0.717, 1.165) is 42.9 Å². The van der Waals surface area contributed by atoms with Gasteiger partial charge in [-0.25, -0.2) is 0 Å². The minimum absolute atomic E-state index is 0.475. The third-order valence-corrected chi connectivity index (χ3v) is 4.18. The van der Waals surface area contributed by atoms with Crippen molar-refractivity contribution in [1.29, 1.82) is 0 Å². The highest BCUT2D eigenvalue weighted by molar-refractivity contribution is 9.10. The number of methoxy groups -OCH3 is 1. The average Bonchev–Trinajstić information content (AvgIpc) is 3.18. The van der Waals surface area contributed by atoms with E-state index in [0.29, 0.717) is 5.41 Å². The van der Waals surface area contributed by atoms with E-state index in [1.54, 1.807) is 7.11 Å². The number of nitrogens with one attached hydrogen (secondary N) is 1. The lowest BCUT2D eigenvalue weighted by atomic mass is 10.0. The number of halogens is 1. The molecule has 1 saturated carbocycles. The van der Waals surface area contributed by atoms with Gasteiger partial charge in [0.1, 0.15) is 5.75 Å². The fourth-order valence-electron chi connectivity index (χ4n) is 2.14. The molecule has 0 heterocycles. The SMILES string of the molecule is COCCNCC1(CCOc2ccc(Br)cc2)CC1. The fourth-order valence-corrected chi connectivity index (χ4v) is 2.40. The Labute approximate surface area is 123 Å². The van der Waals surface area contributed by atoms with Crippen LogP contribution in [0.3, 0.4) is 0 Å². The van der Waals surface area contributed by atoms with Crippen LogP contribution in [-0.2, 0) is 4.74 Å². The van der Waals surface area contributed by atoms with Crippen molar-refractivity contribution in [2.45, 2.75) is 19.3 Å². The molecule has 0 amide bonds. The van der Waals surface area contributed by atoms with E-state index in [9.17, 15) is 0 Å². The quantitative estimate of drug-likeness (QED) is 0.706. The Balaban J connectivity index is 1.63. The lowest BCUT2D eigenvalue weighted by Gasteiger charge is -2.16. The molecule has 1 aromatic rings. The fraction of sp³-hybridized carbons (Fsp3) is 0.600. The molecule has 0 unspecified atom stereocenters. The minimum atomic E-state index is 0.475. The molecule has 3 nitrogen and oxygen atoms in total. The van der Waals surface area contributed by atoms with Crippen LogP contribution in [0.2, 0.25) is 0 Å². The van der Waals surface area contributed by atoms with Gasteiger partial charge in [-0.05, 0) is 48.9 Å². The number of ether oxygens (including phenoxy) is 2. The molecule has 4 heteroatoms. The summed E-state index contributed by atoms with van der Waals surface area (Å²) in [5.74, 6) is 0.950. The Kier molecular flexibility index (Phi) is 5.67. The topological polar surface area (TPSA) is 30.5 Å². The van der Waals surface area contributed by atoms with Gasteiger partial charge in [0.2, 0.25) is 0 Å². The van der Waals surface area contributed by atoms with Crippen molar-refractivity contribution >= 4 is 15.9 Å². The zero-order chi connectivity index (χ0) is 13.6. The largest absolute Gasteiger partial charge is 0.494 e. The van der Waals surface area contributed by atoms with Crippen LogP contribution in [0.5, 0.6) is 5.75 Å². The van der Waals surface area contributed by atoms with Crippen molar-refractivity contribution in [1.82, 2.24) is 5.32 Å². The summed E-state index contributed by atoms with van der Waals surface area (Å²) in [5, 5.41) is 3.46. The van der Waals surface area contributed by atoms with Crippen molar-refractivity contribution in [2.24, 2.45) is 5.41 Å². The van der Waals surface area contributed by atoms with Crippen LogP contribution >= 0.6 is 15.9 Å². The van der Waals surface area contributed by atoms with Gasteiger partial charge in [-0.15, -0.1) is 0 Å². The molecule has 0 aliphatic heterocycles. The van der Waals surface area contributed by atoms with Crippen molar-refractivity contribution in [3.05, 3.63) is 28.7 Å². The first kappa shape index (κ1) is 14.8. The van der Waals surface area contributed by atoms with Crippen LogP contribution in [0.15, 0.2) is 28.7 Å². The first-order valence-corrected chi connectivity index (χ1v) is 7.61. The van der Waals surface area contributed by atoms with Crippen LogP contribution in [0.25, 0.3) is 0 Å². The second kappa shape index (κ2) is 7.27. The molecule has 1 fully saturated rings. The van der Waals surface area contributed by atoms with Crippen molar-refractivity contribution in [2.75, 3.05) is 33.4 Å². The predicted octanol–water partition coefficient (Wildman–Crippen LogP) is 3.23. The summed E-state index contributed by atoms with van der Waals surface area (Å²) in [6, 6.07) is 8.02. The number of rotatable bonds is 9. The third kappa shape index (κ3) is 5.13. The molecule has 1 aliphatic rings. The van der Waals surface area contributed by atoms with Crippen LogP contribution < -0.4 is 10.1 Å². The molecule has 0 saturated heterocycles. The maximum atomic E-state index is 5.79. The second-order valence-corrected chi connectivity index (χ2v) is 6.14. The standard InChI is InChI=1S/C15H22BrNO2/c1-18-11-9-17-12-15(6-7-15)8-10-19-14-4-2-13(16)3-5-14/h2-5,17H,6-12H2,1H3. The van der Waals surface area contributed by atoms with Gasteiger partial charge >= 0.3 is 0 Å². The minimum Gasteiger partial charge on any atom is -0.494 e. The van der Waals surface area contributed by atoms with Crippen LogP contribution in [-0.4, -0.2) is 33.4 Å². The van der Waals surface area contributed by atoms with Crippen LogP contribution in [0, 0.1) is 5.41 Å². The molecule has 0 atom stereocenters. The Morgan fingerprint density at radius 3 is 2.58 bits per heavy atom. The molecule has 1 aliphatic carbocycles. The van der Waals surface area contributed by atoms with Gasteiger partial charge in [-0.1, -0.05) is 15.9 Å². The van der Waals surface area contributed by atoms with E-state index < -0.39 is 0 Å². The van der Waals surface area contributed by atoms with Gasteiger partial charge < -0.3 is 14.8 Å². The lowest BCUT2D eigenvalue weighted by molar-refractivity contribution is 0.195. The average molecular weight is 328 g/mol. The molecule has 19 heavy (non-hydrogen) atoms. The maximum Gasteiger partial charge on any atom is 0.119 e. The first-order chi connectivity index (χ1) is 9.24. The third-order valence-electron chi connectivity index (χ3n) is 3.65. The van der Waals surface area contributed by atoms with E-state index in [4.69, 9.17) is 9.47 Å². The molecule has 106 valence electrons. The molecule has 0 radical (unpaired) electrons. The van der Waals surface area contributed by atoms with Crippen molar-refractivity contribution in [3.63, 3.8) is 0 Å². The van der Waals surface area contributed by atoms with Crippen LogP contribution in [0.1, 0.15) is 19.3 Å². The van der Waals surface area contributed by atoms with Gasteiger partial charge in [-0.3, -0.25) is 0 Å². The number of benzene rings is 1. The molecule has 2 rings (SSSR count). The zero-order valence-electron chi connectivity index (χ0n) is 11.5. The zero-order valence-corrected chi connectivity index (χ0v) is 13.0. The summed E-state index contributed by atoms with van der Waals surface area (Å²) in [6.07, 6.45) is 3.76. The lowest BCUT2D eigenvalue weighted by Crippen LogP contribution is -2.28. The highest BCUT2D eigenvalue weighted by Crippen LogP contribution is 2.48. The Hall–Kier alpha value is -0.580. The van der Waals surface area contributed by atoms with E-state index in [1.807, 2.05) is 24.3 Å². The van der Waals surface area contributed by atoms with E-state index in [1.165, 1.54) is 12.8 Å².